The predicted molar refractivity (Wildman–Crippen MR) is 104 cm³/mol. The number of sulfonamides is 1. The summed E-state index contributed by atoms with van der Waals surface area (Å²) >= 11 is 0. The molecule has 1 aromatic heterocycles. The van der Waals surface area contributed by atoms with Gasteiger partial charge in [-0.25, -0.2) is 18.5 Å². The van der Waals surface area contributed by atoms with Gasteiger partial charge >= 0.3 is 5.97 Å². The predicted octanol–water partition coefficient (Wildman–Crippen LogP) is 3.31. The maximum Gasteiger partial charge on any atom is 0.303 e. The van der Waals surface area contributed by atoms with Gasteiger partial charge < -0.3 is 9.52 Å². The number of hydrogen-bond acceptors (Lipinski definition) is 5. The Bertz CT molecular complexity index is 1090. The third kappa shape index (κ3) is 4.47. The minimum atomic E-state index is -3.98. The van der Waals surface area contributed by atoms with Crippen molar-refractivity contribution >= 4 is 16.0 Å². The molecule has 0 saturated heterocycles. The zero-order valence-corrected chi connectivity index (χ0v) is 16.0. The Morgan fingerprint density at radius 2 is 1.79 bits per heavy atom. The second-order valence-electron chi connectivity index (χ2n) is 6.60. The smallest absolute Gasteiger partial charge is 0.303 e. The average Bonchev–Trinajstić information content (AvgIpc) is 3.04. The topological polar surface area (TPSA) is 123 Å². The monoisotopic (exact) mass is 400 g/mol. The Morgan fingerprint density at radius 3 is 2.43 bits per heavy atom. The van der Waals surface area contributed by atoms with Gasteiger partial charge in [0.1, 0.15) is 5.69 Å². The van der Waals surface area contributed by atoms with Gasteiger partial charge in [0.25, 0.3) is 0 Å². The SMILES string of the molecule is CC(CC(=O)O)Cc1nc(-c2ccccc2)c(-c2ccccc2S(N)(=O)=O)o1. The Balaban J connectivity index is 2.14. The molecule has 1 unspecified atom stereocenters. The van der Waals surface area contributed by atoms with Crippen LogP contribution in [0.25, 0.3) is 22.6 Å². The number of carboxylic acid groups (broad SMARTS) is 1. The zero-order valence-electron chi connectivity index (χ0n) is 15.2. The summed E-state index contributed by atoms with van der Waals surface area (Å²) in [6, 6.07) is 15.5. The standard InChI is InChI=1S/C20H20N2O5S/c1-13(12-18(23)24)11-17-22-19(14-7-3-2-4-8-14)20(27-17)15-9-5-6-10-16(15)28(21,25)26/h2-10,13H,11-12H2,1H3,(H,23,24)(H2,21,25,26). The summed E-state index contributed by atoms with van der Waals surface area (Å²) in [6.07, 6.45) is 0.288. The van der Waals surface area contributed by atoms with Crippen LogP contribution in [-0.4, -0.2) is 24.5 Å². The molecule has 0 saturated carbocycles. The van der Waals surface area contributed by atoms with E-state index in [2.05, 4.69) is 4.98 Å². The first-order valence-electron chi connectivity index (χ1n) is 8.65. The van der Waals surface area contributed by atoms with Gasteiger partial charge in [0, 0.05) is 24.0 Å². The first-order chi connectivity index (χ1) is 13.3. The maximum atomic E-state index is 12.0. The van der Waals surface area contributed by atoms with Crippen molar-refractivity contribution in [3.63, 3.8) is 0 Å². The third-order valence-electron chi connectivity index (χ3n) is 4.20. The van der Waals surface area contributed by atoms with Crippen LogP contribution in [0.1, 0.15) is 19.2 Å². The summed E-state index contributed by atoms with van der Waals surface area (Å²) in [5, 5.41) is 14.3. The van der Waals surface area contributed by atoms with Crippen LogP contribution >= 0.6 is 0 Å². The summed E-state index contributed by atoms with van der Waals surface area (Å²) in [5.74, 6) is -0.469. The number of oxazole rings is 1. The third-order valence-corrected chi connectivity index (χ3v) is 5.17. The molecule has 7 nitrogen and oxygen atoms in total. The van der Waals surface area contributed by atoms with Gasteiger partial charge in [0.2, 0.25) is 10.0 Å². The summed E-state index contributed by atoms with van der Waals surface area (Å²) in [6.45, 7) is 1.79. The molecule has 2 aromatic carbocycles. The van der Waals surface area contributed by atoms with E-state index in [0.717, 1.165) is 5.56 Å². The van der Waals surface area contributed by atoms with Crippen LogP contribution < -0.4 is 5.14 Å². The van der Waals surface area contributed by atoms with Gasteiger partial charge in [0.05, 0.1) is 4.90 Å². The lowest BCUT2D eigenvalue weighted by Gasteiger charge is -2.07. The molecule has 0 radical (unpaired) electrons. The van der Waals surface area contributed by atoms with Crippen molar-refractivity contribution in [2.45, 2.75) is 24.7 Å². The molecule has 0 bridgehead atoms. The van der Waals surface area contributed by atoms with E-state index in [9.17, 15) is 13.2 Å². The molecule has 0 aliphatic heterocycles. The van der Waals surface area contributed by atoms with Gasteiger partial charge in [-0.3, -0.25) is 4.79 Å². The molecule has 3 N–H and O–H groups in total. The number of primary sulfonamides is 1. The van der Waals surface area contributed by atoms with E-state index >= 15 is 0 Å². The number of carboxylic acids is 1. The molecule has 0 amide bonds. The van der Waals surface area contributed by atoms with Crippen molar-refractivity contribution in [1.29, 1.82) is 0 Å². The fourth-order valence-corrected chi connectivity index (χ4v) is 3.73. The highest BCUT2D eigenvalue weighted by atomic mass is 32.2. The van der Waals surface area contributed by atoms with Gasteiger partial charge in [-0.2, -0.15) is 0 Å². The van der Waals surface area contributed by atoms with E-state index < -0.39 is 16.0 Å². The summed E-state index contributed by atoms with van der Waals surface area (Å²) < 4.78 is 30.0. The molecular weight excluding hydrogens is 380 g/mol. The van der Waals surface area contributed by atoms with Crippen LogP contribution in [0.4, 0.5) is 0 Å². The van der Waals surface area contributed by atoms with Crippen LogP contribution in [0.15, 0.2) is 63.9 Å². The van der Waals surface area contributed by atoms with Crippen molar-refractivity contribution in [2.24, 2.45) is 11.1 Å². The zero-order chi connectivity index (χ0) is 20.3. The average molecular weight is 400 g/mol. The second kappa shape index (κ2) is 7.95. The number of benzene rings is 2. The highest BCUT2D eigenvalue weighted by molar-refractivity contribution is 7.89. The maximum absolute atomic E-state index is 12.0. The molecule has 0 aliphatic carbocycles. The lowest BCUT2D eigenvalue weighted by Crippen LogP contribution is -2.13. The first kappa shape index (κ1) is 19.8. The molecule has 8 heteroatoms. The van der Waals surface area contributed by atoms with Crippen molar-refractivity contribution < 1.29 is 22.7 Å². The van der Waals surface area contributed by atoms with Crippen LogP contribution in [-0.2, 0) is 21.2 Å². The number of hydrogen-bond donors (Lipinski definition) is 2. The van der Waals surface area contributed by atoms with Gasteiger partial charge in [-0.1, -0.05) is 49.4 Å². The molecule has 3 rings (SSSR count). The fraction of sp³-hybridized carbons (Fsp3) is 0.200. The number of carbonyl (C=O) groups is 1. The van der Waals surface area contributed by atoms with Crippen LogP contribution in [0.5, 0.6) is 0 Å². The molecular formula is C20H20N2O5S. The molecule has 3 aromatic rings. The minimum absolute atomic E-state index is 0.0217. The van der Waals surface area contributed by atoms with Crippen LogP contribution in [0.3, 0.4) is 0 Å². The van der Waals surface area contributed by atoms with Gasteiger partial charge in [0.15, 0.2) is 11.7 Å². The first-order valence-corrected chi connectivity index (χ1v) is 10.2. The lowest BCUT2D eigenvalue weighted by molar-refractivity contribution is -0.137. The van der Waals surface area contributed by atoms with E-state index in [1.807, 2.05) is 30.3 Å². The summed E-state index contributed by atoms with van der Waals surface area (Å²) in [7, 11) is -3.98. The Morgan fingerprint density at radius 1 is 1.14 bits per heavy atom. The number of nitrogens with zero attached hydrogens (tertiary/aromatic N) is 1. The van der Waals surface area contributed by atoms with Crippen LogP contribution in [0.2, 0.25) is 0 Å². The quantitative estimate of drug-likeness (QED) is 0.627. The summed E-state index contributed by atoms with van der Waals surface area (Å²) in [5.41, 5.74) is 1.55. The second-order valence-corrected chi connectivity index (χ2v) is 8.13. The van der Waals surface area contributed by atoms with Crippen molar-refractivity contribution in [2.75, 3.05) is 0 Å². The normalized spacial score (nSPS) is 12.6. The molecule has 1 atom stereocenters. The lowest BCUT2D eigenvalue weighted by atomic mass is 10.0. The van der Waals surface area contributed by atoms with Crippen LogP contribution in [0, 0.1) is 5.92 Å². The Kier molecular flexibility index (Phi) is 5.62. The fourth-order valence-electron chi connectivity index (χ4n) is 3.00. The molecule has 146 valence electrons. The van der Waals surface area contributed by atoms with Crippen molar-refractivity contribution in [3.8, 4) is 22.6 Å². The molecule has 1 heterocycles. The molecule has 0 spiro atoms. The number of rotatable bonds is 7. The minimum Gasteiger partial charge on any atom is -0.481 e. The van der Waals surface area contributed by atoms with E-state index in [-0.39, 0.29) is 23.0 Å². The number of aromatic nitrogens is 1. The Hall–Kier alpha value is -2.97. The molecule has 28 heavy (non-hydrogen) atoms. The van der Waals surface area contributed by atoms with Crippen molar-refractivity contribution in [1.82, 2.24) is 4.98 Å². The summed E-state index contributed by atoms with van der Waals surface area (Å²) in [4.78, 5) is 15.4. The Labute approximate surface area is 162 Å². The van der Waals surface area contributed by atoms with E-state index in [1.54, 1.807) is 25.1 Å². The van der Waals surface area contributed by atoms with E-state index in [1.165, 1.54) is 6.07 Å². The molecule has 0 fully saturated rings. The van der Waals surface area contributed by atoms with Gasteiger partial charge in [-0.05, 0) is 18.1 Å². The highest BCUT2D eigenvalue weighted by Crippen LogP contribution is 2.36. The largest absolute Gasteiger partial charge is 0.481 e. The number of aliphatic carboxylic acids is 1. The van der Waals surface area contributed by atoms with E-state index in [0.29, 0.717) is 23.6 Å². The van der Waals surface area contributed by atoms with Gasteiger partial charge in [-0.15, -0.1) is 0 Å². The molecule has 0 aliphatic rings. The number of nitrogens with two attached hydrogens (primary N) is 1. The highest BCUT2D eigenvalue weighted by Gasteiger charge is 2.24. The van der Waals surface area contributed by atoms with Crippen molar-refractivity contribution in [3.05, 3.63) is 60.5 Å². The van der Waals surface area contributed by atoms with E-state index in [4.69, 9.17) is 14.7 Å².